The van der Waals surface area contributed by atoms with E-state index in [9.17, 15) is 87.6 Å². The molecule has 0 atom stereocenters. The Kier molecular flexibility index (Phi) is 46.3. The fraction of sp³-hybridized carbons (Fsp3) is 0.500. The van der Waals surface area contributed by atoms with E-state index in [-0.39, 0.29) is 93.3 Å². The molecule has 0 unspecified atom stereocenters. The predicted molar refractivity (Wildman–Crippen MR) is 452 cm³/mol. The van der Waals surface area contributed by atoms with Crippen LogP contribution in [0.4, 0.5) is 62.3 Å². The standard InChI is InChI=1S/C22H18F3N7O.C17H21F3N4O2.C12H13F3N4.C11H18N2O2.C10H7N3O2.C6H4BrF3N2.6CH4.ClH/c23-22(24,25)20-29-11-15(12-30-20)10-21(13-26)4-8-32(9-5-21)19(33)16-2-1-6-28-18(16)17-3-7-27-14-31-17;1-15(2,3)26-14(25)24-6-4-16(11-21,5-7-24)8-12-9-22-13(23-10-12)17(18,19)20;13-12(14,15)10-18-6-9(7-19-10)5-11(8-16)1-3-17-4-2-11;1-11(2,3)15-10(14)13-6-4-9(8-12)5-7-13;14-10(15)7-2-1-4-12-9(7)8-3-5-11-6-13-8;7-1-4-2-11-5(12-3-4)6(8,9)10;;;;;;;/h1-3,6-7,11-12,14H,4-5,8-10H2;9-10H,4-8H2,1-3H3;6-7,17H,1-5H2;9H,4-7H2,1-3H3;1-6H,(H,14,15);2-3H,1H2;6*1H4;1H. The van der Waals surface area contributed by atoms with E-state index in [0.717, 1.165) is 75.5 Å². The fourth-order valence-corrected chi connectivity index (χ4v) is 12.4. The van der Waals surface area contributed by atoms with Gasteiger partial charge in [-0.05, 0) is 184 Å². The fourth-order valence-electron chi connectivity index (χ4n) is 12.1. The second kappa shape index (κ2) is 51.0. The number of carbonyl (C=O) groups excluding carboxylic acids is 3. The first-order chi connectivity index (χ1) is 56.4. The van der Waals surface area contributed by atoms with Gasteiger partial charge in [0.2, 0.25) is 23.3 Å². The van der Waals surface area contributed by atoms with Crippen LogP contribution in [0.5, 0.6) is 0 Å². The number of nitriles is 4. The van der Waals surface area contributed by atoms with Crippen LogP contribution < -0.4 is 5.32 Å². The van der Waals surface area contributed by atoms with Crippen molar-refractivity contribution in [3.05, 3.63) is 180 Å². The van der Waals surface area contributed by atoms with Crippen molar-refractivity contribution in [3.8, 4) is 47.1 Å². The highest BCUT2D eigenvalue weighted by molar-refractivity contribution is 9.08. The summed E-state index contributed by atoms with van der Waals surface area (Å²) in [4.78, 5) is 103. The van der Waals surface area contributed by atoms with Gasteiger partial charge in [0.25, 0.3) is 5.91 Å². The first kappa shape index (κ1) is 115. The van der Waals surface area contributed by atoms with Crippen molar-refractivity contribution in [2.45, 2.75) is 198 Å². The highest BCUT2D eigenvalue weighted by Crippen LogP contribution is 2.39. The molecule has 8 aromatic rings. The molecule has 2 N–H and O–H groups in total. The number of amides is 3. The molecule has 0 radical (unpaired) electrons. The van der Waals surface area contributed by atoms with Crippen LogP contribution >= 0.6 is 28.3 Å². The molecule has 4 aliphatic heterocycles. The predicted octanol–water partition coefficient (Wildman–Crippen LogP) is 18.9. The van der Waals surface area contributed by atoms with E-state index in [4.69, 9.17) is 19.8 Å². The molecule has 692 valence electrons. The molecule has 12 rings (SSSR count). The van der Waals surface area contributed by atoms with Crippen LogP contribution in [0.15, 0.2) is 123 Å². The number of nitrogens with one attached hydrogen (secondary N) is 1. The summed E-state index contributed by atoms with van der Waals surface area (Å²) in [6.45, 7) is 15.0. The normalized spacial score (nSPS) is 14.9. The van der Waals surface area contributed by atoms with Gasteiger partial charge in [0.1, 0.15) is 35.2 Å². The van der Waals surface area contributed by atoms with E-state index in [1.165, 1.54) is 24.9 Å². The van der Waals surface area contributed by atoms with E-state index in [1.807, 2.05) is 20.8 Å². The third-order valence-electron chi connectivity index (χ3n) is 18.3. The smallest absolute Gasteiger partial charge is 0.451 e. The van der Waals surface area contributed by atoms with Crippen molar-refractivity contribution in [2.75, 3.05) is 52.4 Å². The van der Waals surface area contributed by atoms with Crippen molar-refractivity contribution >= 4 is 52.4 Å². The summed E-state index contributed by atoms with van der Waals surface area (Å²) in [7, 11) is 0. The lowest BCUT2D eigenvalue weighted by Crippen LogP contribution is -2.45. The first-order valence-electron chi connectivity index (χ1n) is 36.8. The topological polar surface area (TPSA) is 404 Å². The third kappa shape index (κ3) is 35.8. The van der Waals surface area contributed by atoms with Crippen molar-refractivity contribution in [2.24, 2.45) is 22.2 Å². The van der Waals surface area contributed by atoms with Gasteiger partial charge in [-0.25, -0.2) is 74.2 Å². The number of alkyl halides is 13. The minimum absolute atomic E-state index is 0. The lowest BCUT2D eigenvalue weighted by atomic mass is 9.75. The van der Waals surface area contributed by atoms with Crippen LogP contribution in [0.25, 0.3) is 22.8 Å². The number of aromatic nitrogens is 14. The Bertz CT molecular complexity index is 4850. The zero-order valence-corrected chi connectivity index (χ0v) is 68.3. The van der Waals surface area contributed by atoms with Crippen LogP contribution in [0.3, 0.4) is 0 Å². The molecule has 0 aromatic carbocycles. The first-order valence-corrected chi connectivity index (χ1v) is 37.9. The minimum atomic E-state index is -4.62. The summed E-state index contributed by atoms with van der Waals surface area (Å²) in [5.41, 5.74) is 1.32. The van der Waals surface area contributed by atoms with Crippen LogP contribution in [0.2, 0.25) is 0 Å². The Morgan fingerprint density at radius 3 is 1.05 bits per heavy atom. The number of carboxylic acids is 1. The van der Waals surface area contributed by atoms with Gasteiger partial charge in [0.15, 0.2) is 0 Å². The minimum Gasteiger partial charge on any atom is -0.478 e. The van der Waals surface area contributed by atoms with Gasteiger partial charge in [-0.1, -0.05) is 60.5 Å². The number of piperidine rings is 4. The Balaban J connectivity index is 0.00000153. The number of aromatic carboxylic acids is 1. The van der Waals surface area contributed by atoms with Gasteiger partial charge in [-0.2, -0.15) is 73.7 Å². The summed E-state index contributed by atoms with van der Waals surface area (Å²) in [5, 5.41) is 50.0. The summed E-state index contributed by atoms with van der Waals surface area (Å²) >= 11 is 3.07. The van der Waals surface area contributed by atoms with Crippen LogP contribution in [-0.4, -0.2) is 177 Å². The monoisotopic (exact) mass is 1880 g/mol. The van der Waals surface area contributed by atoms with Gasteiger partial charge >= 0.3 is 42.9 Å². The molecule has 127 heavy (non-hydrogen) atoms. The summed E-state index contributed by atoms with van der Waals surface area (Å²) in [6.07, 6.45) is 4.41. The van der Waals surface area contributed by atoms with E-state index in [2.05, 4.69) is 115 Å². The highest BCUT2D eigenvalue weighted by Gasteiger charge is 2.43. The van der Waals surface area contributed by atoms with Gasteiger partial charge in [0, 0.05) is 125 Å². The molecule has 3 amide bonds. The number of hydrogen-bond acceptors (Lipinski definition) is 25. The van der Waals surface area contributed by atoms with Crippen molar-refractivity contribution in [3.63, 3.8) is 0 Å². The number of carboxylic acid groups (broad SMARTS) is 1. The molecule has 0 aliphatic carbocycles. The molecule has 4 aliphatic rings. The van der Waals surface area contributed by atoms with Crippen LogP contribution in [0.1, 0.15) is 204 Å². The lowest BCUT2D eigenvalue weighted by molar-refractivity contribution is -0.145. The number of ether oxygens (including phenoxy) is 2. The maximum atomic E-state index is 13.2. The number of pyridine rings is 2. The molecule has 8 aromatic heterocycles. The lowest BCUT2D eigenvalue weighted by Gasteiger charge is -2.37. The number of carbonyl (C=O) groups is 4. The average molecular weight is 1880 g/mol. The zero-order chi connectivity index (χ0) is 88.3. The maximum absolute atomic E-state index is 13.2. The molecule has 12 heterocycles. The maximum Gasteiger partial charge on any atom is 0.451 e. The number of halogens is 14. The molecule has 43 heteroatoms. The molecule has 0 bridgehead atoms. The summed E-state index contributed by atoms with van der Waals surface area (Å²) in [5.74, 6) is -5.80. The molecule has 29 nitrogen and oxygen atoms in total. The number of rotatable bonds is 11. The Hall–Kier alpha value is -11.9. The van der Waals surface area contributed by atoms with Crippen molar-refractivity contribution < 1.29 is 86.4 Å². The SMILES string of the molecule is C.C.C.C.C.C.CC(C)(C)OC(=O)N1CCC(C#N)(Cc2cnc(C(F)(F)F)nc2)CC1.CC(C)(C)OC(=O)N1CCC(C#N)CC1.Cl.FC(F)(F)c1ncc(CBr)cn1.N#CC1(Cc2cnc(C(F)(F)F)nc2)CCN(C(=O)c2cccnc2-c2ccncn2)CC1.N#CC1(Cc2cnc(C(F)(F)F)nc2)CCNCC1.O=C(O)c1cccnc1-c1ccncn1. The molecule has 4 saturated heterocycles. The molecule has 0 spiro atoms. The van der Waals surface area contributed by atoms with Gasteiger partial charge in [-0.3, -0.25) is 14.8 Å². The summed E-state index contributed by atoms with van der Waals surface area (Å²) in [6, 6.07) is 18.8. The second-order valence-corrected chi connectivity index (χ2v) is 30.2. The quantitative estimate of drug-likeness (QED) is 0.0897. The third-order valence-corrected chi connectivity index (χ3v) is 19.0. The van der Waals surface area contributed by atoms with E-state index in [1.54, 1.807) is 84.4 Å². The molecule has 0 saturated carbocycles. The summed E-state index contributed by atoms with van der Waals surface area (Å²) < 4.78 is 159. The zero-order valence-electron chi connectivity index (χ0n) is 65.9. The molecular weight excluding hydrogens is 1770 g/mol. The van der Waals surface area contributed by atoms with E-state index in [0.29, 0.717) is 140 Å². The van der Waals surface area contributed by atoms with Crippen molar-refractivity contribution in [1.82, 2.24) is 89.8 Å². The Morgan fingerprint density at radius 1 is 0.449 bits per heavy atom. The van der Waals surface area contributed by atoms with Gasteiger partial charge in [0.05, 0.1) is 63.0 Å². The van der Waals surface area contributed by atoms with E-state index >= 15 is 0 Å². The van der Waals surface area contributed by atoms with Gasteiger partial charge < -0.3 is 34.6 Å². The molecular formula is C84H106BrClF12N22O7. The van der Waals surface area contributed by atoms with Crippen molar-refractivity contribution in [1.29, 1.82) is 21.0 Å². The molecule has 4 fully saturated rings. The highest BCUT2D eigenvalue weighted by atomic mass is 79.9. The average Bonchev–Trinajstić information content (AvgIpc) is 0.811. The second-order valence-electron chi connectivity index (χ2n) is 29.7. The van der Waals surface area contributed by atoms with Crippen LogP contribution in [-0.2, 0) is 58.8 Å². The number of likely N-dealkylation sites (tertiary alicyclic amines) is 3. The van der Waals surface area contributed by atoms with Crippen LogP contribution in [0, 0.1) is 67.5 Å². The largest absolute Gasteiger partial charge is 0.478 e. The van der Waals surface area contributed by atoms with E-state index < -0.39 is 87.5 Å². The number of nitrogens with zero attached hydrogens (tertiary/aromatic N) is 21. The Morgan fingerprint density at radius 2 is 0.756 bits per heavy atom. The Labute approximate surface area is 745 Å². The van der Waals surface area contributed by atoms with Gasteiger partial charge in [-0.15, -0.1) is 12.4 Å². The number of hydrogen-bond donors (Lipinski definition) is 2.